The van der Waals surface area contributed by atoms with E-state index in [1.165, 1.54) is 7.11 Å². The van der Waals surface area contributed by atoms with Gasteiger partial charge in [0.05, 0.1) is 12.7 Å². The lowest BCUT2D eigenvalue weighted by Crippen LogP contribution is -1.97. The van der Waals surface area contributed by atoms with Crippen LogP contribution in [0.25, 0.3) is 11.1 Å². The first-order valence-corrected chi connectivity index (χ1v) is 5.32. The highest BCUT2D eigenvalue weighted by Gasteiger charge is 2.12. The van der Waals surface area contributed by atoms with Gasteiger partial charge in [0.2, 0.25) is 5.88 Å². The Hall–Kier alpha value is -2.16. The lowest BCUT2D eigenvalue weighted by Gasteiger charge is -2.10. The zero-order valence-corrected chi connectivity index (χ0v) is 9.81. The Morgan fingerprint density at radius 3 is 2.59 bits per heavy atom. The van der Waals surface area contributed by atoms with Crippen molar-refractivity contribution < 1.29 is 9.53 Å². The largest absolute Gasteiger partial charge is 0.480 e. The summed E-state index contributed by atoms with van der Waals surface area (Å²) in [5.41, 5.74) is 3.48. The molecule has 0 N–H and O–H groups in total. The molecule has 1 aromatic heterocycles. The van der Waals surface area contributed by atoms with Crippen molar-refractivity contribution in [3.05, 3.63) is 47.7 Å². The van der Waals surface area contributed by atoms with E-state index >= 15 is 0 Å². The molecular formula is C14H13NO2. The molecule has 0 aliphatic heterocycles. The van der Waals surface area contributed by atoms with E-state index in [4.69, 9.17) is 4.74 Å². The van der Waals surface area contributed by atoms with E-state index in [2.05, 4.69) is 4.98 Å². The summed E-state index contributed by atoms with van der Waals surface area (Å²) in [6, 6.07) is 9.74. The lowest BCUT2D eigenvalue weighted by molar-refractivity contribution is 0.112. The first-order valence-electron chi connectivity index (χ1n) is 5.32. The van der Waals surface area contributed by atoms with Crippen molar-refractivity contribution in [2.45, 2.75) is 6.92 Å². The molecule has 0 saturated carbocycles. The third-order valence-corrected chi connectivity index (χ3v) is 2.70. The van der Waals surface area contributed by atoms with Crippen LogP contribution in [-0.2, 0) is 0 Å². The second-order valence-electron chi connectivity index (χ2n) is 3.71. The molecule has 86 valence electrons. The molecular weight excluding hydrogens is 214 g/mol. The predicted octanol–water partition coefficient (Wildman–Crippen LogP) is 2.88. The van der Waals surface area contributed by atoms with Gasteiger partial charge in [-0.25, -0.2) is 4.98 Å². The number of hydrogen-bond acceptors (Lipinski definition) is 3. The molecule has 2 aromatic rings. The van der Waals surface area contributed by atoms with Crippen molar-refractivity contribution in [2.75, 3.05) is 7.11 Å². The summed E-state index contributed by atoms with van der Waals surface area (Å²) in [7, 11) is 1.51. The number of aldehydes is 1. The summed E-state index contributed by atoms with van der Waals surface area (Å²) in [5, 5.41) is 0. The zero-order valence-electron chi connectivity index (χ0n) is 9.81. The normalized spacial score (nSPS) is 10.0. The Morgan fingerprint density at radius 1 is 1.18 bits per heavy atom. The number of ether oxygens (including phenoxy) is 1. The van der Waals surface area contributed by atoms with Crippen LogP contribution in [0.3, 0.4) is 0 Å². The maximum atomic E-state index is 11.2. The Kier molecular flexibility index (Phi) is 3.19. The van der Waals surface area contributed by atoms with Crippen molar-refractivity contribution in [2.24, 2.45) is 0 Å². The lowest BCUT2D eigenvalue weighted by atomic mass is 9.98. The van der Waals surface area contributed by atoms with Crippen LogP contribution < -0.4 is 4.74 Å². The molecule has 0 bridgehead atoms. The summed E-state index contributed by atoms with van der Waals surface area (Å²) in [6.45, 7) is 2.01. The number of carbonyl (C=O) groups is 1. The second-order valence-corrected chi connectivity index (χ2v) is 3.71. The van der Waals surface area contributed by atoms with Crippen molar-refractivity contribution in [1.82, 2.24) is 4.98 Å². The minimum absolute atomic E-state index is 0.362. The molecule has 0 amide bonds. The molecule has 0 radical (unpaired) electrons. The Labute approximate surface area is 100 Å². The fourth-order valence-electron chi connectivity index (χ4n) is 1.84. The smallest absolute Gasteiger partial charge is 0.224 e. The summed E-state index contributed by atoms with van der Waals surface area (Å²) in [5.74, 6) is 0.362. The average Bonchev–Trinajstić information content (AvgIpc) is 2.38. The highest BCUT2D eigenvalue weighted by atomic mass is 16.5. The number of aromatic nitrogens is 1. The molecule has 3 nitrogen and oxygen atoms in total. The van der Waals surface area contributed by atoms with Crippen molar-refractivity contribution in [3.63, 3.8) is 0 Å². The van der Waals surface area contributed by atoms with Gasteiger partial charge in [-0.15, -0.1) is 0 Å². The van der Waals surface area contributed by atoms with E-state index in [9.17, 15) is 4.79 Å². The predicted molar refractivity (Wildman–Crippen MR) is 66.3 cm³/mol. The van der Waals surface area contributed by atoms with E-state index in [0.717, 1.165) is 23.0 Å². The number of pyridine rings is 1. The van der Waals surface area contributed by atoms with E-state index in [1.54, 1.807) is 6.20 Å². The van der Waals surface area contributed by atoms with Crippen molar-refractivity contribution in [1.29, 1.82) is 0 Å². The number of carbonyl (C=O) groups excluding carboxylic acids is 1. The van der Waals surface area contributed by atoms with Gasteiger partial charge in [0.15, 0.2) is 6.29 Å². The molecule has 17 heavy (non-hydrogen) atoms. The fourth-order valence-corrected chi connectivity index (χ4v) is 1.84. The van der Waals surface area contributed by atoms with Crippen molar-refractivity contribution in [3.8, 4) is 17.0 Å². The first-order chi connectivity index (χ1) is 8.27. The molecule has 0 aliphatic rings. The van der Waals surface area contributed by atoms with Crippen LogP contribution >= 0.6 is 0 Å². The maximum absolute atomic E-state index is 11.2. The standard InChI is InChI=1S/C14H13NO2/c1-10-5-3-4-6-11(10)12-7-8-15-14(17-2)13(12)9-16/h3-9H,1-2H3. The van der Waals surface area contributed by atoms with Crippen LogP contribution in [0.15, 0.2) is 36.5 Å². The molecule has 0 saturated heterocycles. The molecule has 1 heterocycles. The van der Waals surface area contributed by atoms with E-state index in [-0.39, 0.29) is 0 Å². The van der Waals surface area contributed by atoms with Gasteiger partial charge in [0.1, 0.15) is 0 Å². The molecule has 0 atom stereocenters. The van der Waals surface area contributed by atoms with Gasteiger partial charge in [0.25, 0.3) is 0 Å². The van der Waals surface area contributed by atoms with Crippen LogP contribution in [0.1, 0.15) is 15.9 Å². The topological polar surface area (TPSA) is 39.2 Å². The minimum Gasteiger partial charge on any atom is -0.480 e. The maximum Gasteiger partial charge on any atom is 0.224 e. The SMILES string of the molecule is COc1nccc(-c2ccccc2C)c1C=O. The van der Waals surface area contributed by atoms with E-state index in [1.807, 2.05) is 37.3 Å². The number of benzene rings is 1. The van der Waals surface area contributed by atoms with E-state index in [0.29, 0.717) is 11.4 Å². The number of methoxy groups -OCH3 is 1. The first kappa shape index (κ1) is 11.3. The summed E-state index contributed by atoms with van der Waals surface area (Å²) >= 11 is 0. The third-order valence-electron chi connectivity index (χ3n) is 2.70. The summed E-state index contributed by atoms with van der Waals surface area (Å²) in [4.78, 5) is 15.2. The quantitative estimate of drug-likeness (QED) is 0.757. The van der Waals surface area contributed by atoms with Gasteiger partial charge in [-0.3, -0.25) is 4.79 Å². The molecule has 1 aromatic carbocycles. The van der Waals surface area contributed by atoms with Crippen LogP contribution in [0, 0.1) is 6.92 Å². The molecule has 3 heteroatoms. The van der Waals surface area contributed by atoms with Gasteiger partial charge in [-0.2, -0.15) is 0 Å². The number of rotatable bonds is 3. The molecule has 0 fully saturated rings. The summed E-state index contributed by atoms with van der Waals surface area (Å²) < 4.78 is 5.10. The Morgan fingerprint density at radius 2 is 1.94 bits per heavy atom. The van der Waals surface area contributed by atoms with Gasteiger partial charge in [-0.1, -0.05) is 24.3 Å². The van der Waals surface area contributed by atoms with Gasteiger partial charge in [-0.05, 0) is 29.7 Å². The van der Waals surface area contributed by atoms with Crippen LogP contribution in [0.4, 0.5) is 0 Å². The highest BCUT2D eigenvalue weighted by molar-refractivity contribution is 5.90. The monoisotopic (exact) mass is 227 g/mol. The second kappa shape index (κ2) is 4.78. The van der Waals surface area contributed by atoms with Gasteiger partial charge >= 0.3 is 0 Å². The number of hydrogen-bond donors (Lipinski definition) is 0. The Balaban J connectivity index is 2.68. The van der Waals surface area contributed by atoms with Gasteiger partial charge in [0, 0.05) is 6.20 Å². The van der Waals surface area contributed by atoms with Crippen LogP contribution in [0.2, 0.25) is 0 Å². The van der Waals surface area contributed by atoms with E-state index < -0.39 is 0 Å². The highest BCUT2D eigenvalue weighted by Crippen LogP contribution is 2.29. The summed E-state index contributed by atoms with van der Waals surface area (Å²) in [6.07, 6.45) is 2.43. The molecule has 0 aliphatic carbocycles. The fraction of sp³-hybridized carbons (Fsp3) is 0.143. The number of aryl methyl sites for hydroxylation is 1. The zero-order chi connectivity index (χ0) is 12.3. The minimum atomic E-state index is 0.362. The van der Waals surface area contributed by atoms with Crippen LogP contribution in [0.5, 0.6) is 5.88 Å². The van der Waals surface area contributed by atoms with Gasteiger partial charge < -0.3 is 4.74 Å². The Bertz CT molecular complexity index is 550. The third kappa shape index (κ3) is 2.04. The average molecular weight is 227 g/mol. The van der Waals surface area contributed by atoms with Crippen molar-refractivity contribution >= 4 is 6.29 Å². The number of nitrogens with zero attached hydrogens (tertiary/aromatic N) is 1. The molecule has 0 unspecified atom stereocenters. The molecule has 2 rings (SSSR count). The van der Waals surface area contributed by atoms with Crippen LogP contribution in [-0.4, -0.2) is 18.4 Å². The molecule has 0 spiro atoms.